The Hall–Kier alpha value is -3.43. The average Bonchev–Trinajstić information content (AvgIpc) is 3.35. The summed E-state index contributed by atoms with van der Waals surface area (Å²) in [5.74, 6) is -1.37. The summed E-state index contributed by atoms with van der Waals surface area (Å²) in [4.78, 5) is 39.3. The summed E-state index contributed by atoms with van der Waals surface area (Å²) in [5.41, 5.74) is 13.1. The average molecular weight is 472 g/mol. The maximum absolute atomic E-state index is 14.1. The Balaban J connectivity index is 1.51. The molecule has 0 saturated carbocycles. The highest BCUT2D eigenvalue weighted by atomic mass is 35.5. The number of rotatable bonds is 5. The highest BCUT2D eigenvalue weighted by Gasteiger charge is 2.40. The summed E-state index contributed by atoms with van der Waals surface area (Å²) in [6.07, 6.45) is 1.97. The Morgan fingerprint density at radius 1 is 1.12 bits per heavy atom. The summed E-state index contributed by atoms with van der Waals surface area (Å²) < 4.78 is 15.4. The van der Waals surface area contributed by atoms with Gasteiger partial charge < -0.3 is 21.7 Å². The maximum Gasteiger partial charge on any atom is 0.323 e. The zero-order valence-corrected chi connectivity index (χ0v) is 18.4. The number of primary amides is 1. The van der Waals surface area contributed by atoms with E-state index >= 15 is 0 Å². The van der Waals surface area contributed by atoms with E-state index in [1.54, 1.807) is 30.3 Å². The van der Waals surface area contributed by atoms with E-state index in [0.29, 0.717) is 24.0 Å². The predicted molar refractivity (Wildman–Crippen MR) is 122 cm³/mol. The number of halogens is 2. The maximum atomic E-state index is 14.1. The van der Waals surface area contributed by atoms with Crippen LogP contribution in [0.2, 0.25) is 5.02 Å². The van der Waals surface area contributed by atoms with Crippen LogP contribution in [0.15, 0.2) is 48.7 Å². The third-order valence-corrected chi connectivity index (χ3v) is 6.18. The number of nitrogens with one attached hydrogen (secondary N) is 1. The van der Waals surface area contributed by atoms with E-state index in [1.165, 1.54) is 27.8 Å². The Morgan fingerprint density at radius 2 is 1.88 bits per heavy atom. The van der Waals surface area contributed by atoms with Crippen molar-refractivity contribution in [3.63, 3.8) is 0 Å². The molecule has 2 aromatic carbocycles. The molecule has 10 heteroatoms. The van der Waals surface area contributed by atoms with Crippen molar-refractivity contribution in [1.29, 1.82) is 0 Å². The minimum Gasteiger partial charge on any atom is -0.351 e. The van der Waals surface area contributed by atoms with Crippen LogP contribution in [0.25, 0.3) is 10.9 Å². The van der Waals surface area contributed by atoms with E-state index in [1.807, 2.05) is 0 Å². The lowest BCUT2D eigenvalue weighted by molar-refractivity contribution is -0.138. The molecule has 0 spiro atoms. The highest BCUT2D eigenvalue weighted by Crippen LogP contribution is 2.24. The number of nitrogens with zero attached hydrogens (tertiary/aromatic N) is 2. The molecule has 33 heavy (non-hydrogen) atoms. The van der Waals surface area contributed by atoms with Crippen LogP contribution in [0.4, 0.5) is 9.18 Å². The first kappa shape index (κ1) is 22.8. The predicted octanol–water partition coefficient (Wildman–Crippen LogP) is 2.15. The molecule has 5 N–H and O–H groups in total. The minimum atomic E-state index is -0.885. The number of amides is 3. The van der Waals surface area contributed by atoms with Crippen molar-refractivity contribution in [3.8, 4) is 0 Å². The molecule has 3 amide bonds. The summed E-state index contributed by atoms with van der Waals surface area (Å²) in [7, 11) is 0. The van der Waals surface area contributed by atoms with Crippen molar-refractivity contribution in [3.05, 3.63) is 70.6 Å². The van der Waals surface area contributed by atoms with Crippen LogP contribution in [0, 0.1) is 5.82 Å². The van der Waals surface area contributed by atoms with Gasteiger partial charge in [0.15, 0.2) is 0 Å². The molecular weight excluding hydrogens is 449 g/mol. The van der Waals surface area contributed by atoms with Crippen molar-refractivity contribution >= 4 is 40.3 Å². The van der Waals surface area contributed by atoms with Gasteiger partial charge in [0.1, 0.15) is 11.9 Å². The number of benzene rings is 2. The quantitative estimate of drug-likeness (QED) is 0.527. The highest BCUT2D eigenvalue weighted by molar-refractivity contribution is 6.30. The Morgan fingerprint density at radius 3 is 2.64 bits per heavy atom. The Bertz CT molecular complexity index is 1240. The van der Waals surface area contributed by atoms with Crippen LogP contribution in [0.5, 0.6) is 0 Å². The molecule has 0 aliphatic carbocycles. The Labute approximate surface area is 194 Å². The van der Waals surface area contributed by atoms with E-state index < -0.39 is 29.8 Å². The zero-order chi connectivity index (χ0) is 23.7. The van der Waals surface area contributed by atoms with E-state index in [2.05, 4.69) is 5.32 Å². The van der Waals surface area contributed by atoms with Gasteiger partial charge in [0.25, 0.3) is 0 Å². The van der Waals surface area contributed by atoms with Crippen molar-refractivity contribution in [2.24, 2.45) is 11.5 Å². The Kier molecular flexibility index (Phi) is 6.35. The van der Waals surface area contributed by atoms with Crippen molar-refractivity contribution in [2.45, 2.75) is 31.5 Å². The van der Waals surface area contributed by atoms with E-state index in [9.17, 15) is 18.8 Å². The molecule has 1 fully saturated rings. The van der Waals surface area contributed by atoms with Crippen LogP contribution in [0.1, 0.15) is 17.5 Å². The third kappa shape index (κ3) is 4.42. The van der Waals surface area contributed by atoms with Crippen LogP contribution in [-0.2, 0) is 22.6 Å². The number of carbonyl (C=O) groups is 3. The molecule has 1 aromatic heterocycles. The second-order valence-electron chi connectivity index (χ2n) is 7.97. The molecule has 4 rings (SSSR count). The molecule has 1 aliphatic rings. The summed E-state index contributed by atoms with van der Waals surface area (Å²) >= 11 is 5.79. The van der Waals surface area contributed by atoms with Gasteiger partial charge in [0, 0.05) is 36.3 Å². The number of fused-ring (bicyclic) bond motifs is 1. The molecular formula is C23H23ClFN5O3. The van der Waals surface area contributed by atoms with E-state index in [4.69, 9.17) is 23.1 Å². The number of para-hydroxylation sites is 1. The first-order valence-corrected chi connectivity index (χ1v) is 10.8. The van der Waals surface area contributed by atoms with Crippen LogP contribution in [-0.4, -0.2) is 45.9 Å². The number of likely N-dealkylation sites (tertiary alicyclic amines) is 1. The van der Waals surface area contributed by atoms with Gasteiger partial charge in [-0.15, -0.1) is 0 Å². The summed E-state index contributed by atoms with van der Waals surface area (Å²) in [6, 6.07) is 9.56. The second-order valence-corrected chi connectivity index (χ2v) is 8.38. The largest absolute Gasteiger partial charge is 0.351 e. The first-order chi connectivity index (χ1) is 15.8. The van der Waals surface area contributed by atoms with Gasteiger partial charge in [0.2, 0.25) is 11.8 Å². The fourth-order valence-corrected chi connectivity index (χ4v) is 4.44. The first-order valence-electron chi connectivity index (χ1n) is 10.4. The van der Waals surface area contributed by atoms with Crippen LogP contribution < -0.4 is 16.8 Å². The molecule has 0 unspecified atom stereocenters. The van der Waals surface area contributed by atoms with Crippen molar-refractivity contribution in [2.75, 3.05) is 6.54 Å². The SMILES string of the molecule is NC(=O)n1cc(CC(=O)N2CC[C@@H](N)[C@H]2C(=O)NCc2cccc(Cl)c2F)c2ccccc21. The monoisotopic (exact) mass is 471 g/mol. The molecule has 1 aliphatic heterocycles. The lowest BCUT2D eigenvalue weighted by atomic mass is 10.1. The molecule has 1 saturated heterocycles. The lowest BCUT2D eigenvalue weighted by Crippen LogP contribution is -2.52. The molecule has 0 bridgehead atoms. The van der Waals surface area contributed by atoms with Gasteiger partial charge in [-0.1, -0.05) is 41.9 Å². The van der Waals surface area contributed by atoms with Crippen LogP contribution >= 0.6 is 11.6 Å². The standard InChI is InChI=1S/C23H23ClFN5O3/c24-16-6-3-4-13(20(16)25)11-28-22(32)21-17(26)8-9-29(21)19(31)10-14-12-30(23(27)33)18-7-2-1-5-15(14)18/h1-7,12,17,21H,8-11,26H2,(H2,27,33)(H,28,32)/t17-,21+/m1/s1. The molecule has 2 heterocycles. The number of aromatic nitrogens is 1. The summed E-state index contributed by atoms with van der Waals surface area (Å²) in [6.45, 7) is 0.237. The van der Waals surface area contributed by atoms with Gasteiger partial charge in [-0.2, -0.15) is 0 Å². The number of hydrogen-bond donors (Lipinski definition) is 3. The smallest absolute Gasteiger partial charge is 0.323 e. The molecule has 3 aromatic rings. The van der Waals surface area contributed by atoms with Gasteiger partial charge in [0.05, 0.1) is 17.0 Å². The molecule has 2 atom stereocenters. The van der Waals surface area contributed by atoms with Crippen molar-refractivity contribution in [1.82, 2.24) is 14.8 Å². The molecule has 172 valence electrons. The zero-order valence-electron chi connectivity index (χ0n) is 17.6. The van der Waals surface area contributed by atoms with E-state index in [0.717, 1.165) is 5.39 Å². The normalized spacial score (nSPS) is 18.0. The minimum absolute atomic E-state index is 0.0276. The topological polar surface area (TPSA) is 123 Å². The number of hydrogen-bond acceptors (Lipinski definition) is 4. The fraction of sp³-hybridized carbons (Fsp3) is 0.261. The molecule has 8 nitrogen and oxygen atoms in total. The molecule has 0 radical (unpaired) electrons. The van der Waals surface area contributed by atoms with Gasteiger partial charge in [-0.3, -0.25) is 14.2 Å². The van der Waals surface area contributed by atoms with E-state index in [-0.39, 0.29) is 29.5 Å². The van der Waals surface area contributed by atoms with Gasteiger partial charge in [-0.05, 0) is 24.1 Å². The van der Waals surface area contributed by atoms with Crippen LogP contribution in [0.3, 0.4) is 0 Å². The number of nitrogens with two attached hydrogens (primary N) is 2. The summed E-state index contributed by atoms with van der Waals surface area (Å²) in [5, 5.41) is 3.35. The number of carbonyl (C=O) groups excluding carboxylic acids is 3. The third-order valence-electron chi connectivity index (χ3n) is 5.89. The van der Waals surface area contributed by atoms with Gasteiger partial charge in [-0.25, -0.2) is 9.18 Å². The lowest BCUT2D eigenvalue weighted by Gasteiger charge is -2.26. The van der Waals surface area contributed by atoms with Crippen molar-refractivity contribution < 1.29 is 18.8 Å². The van der Waals surface area contributed by atoms with Gasteiger partial charge >= 0.3 is 6.03 Å². The second kappa shape index (κ2) is 9.21. The fourth-order valence-electron chi connectivity index (χ4n) is 4.24.